The molecule has 5 unspecified atom stereocenters. The van der Waals surface area contributed by atoms with Crippen molar-refractivity contribution in [2.45, 2.75) is 71.1 Å². The highest BCUT2D eigenvalue weighted by Gasteiger charge is 2.33. The number of para-hydroxylation sites is 1. The number of benzene rings is 1. The highest BCUT2D eigenvalue weighted by molar-refractivity contribution is 5.95. The van der Waals surface area contributed by atoms with E-state index in [1.165, 1.54) is 6.33 Å². The van der Waals surface area contributed by atoms with Gasteiger partial charge in [-0.05, 0) is 23.5 Å². The molecule has 3 aromatic rings. The lowest BCUT2D eigenvalue weighted by molar-refractivity contribution is -0.144. The fourth-order valence-electron chi connectivity index (χ4n) is 4.45. The summed E-state index contributed by atoms with van der Waals surface area (Å²) in [6.07, 6.45) is 5.70. The molecule has 216 valence electrons. The standard InChI is InChI=1S/C28H39N7O5/c1-5-16(4)24(28(39)40)35-27(38)23(15(2)3)34-26(37)22(10-17-12-31-21-9-7-6-8-19(17)21)33-25(36)20(29)11-18-13-30-14-32-18/h6-9,12-16,20,22-24,31H,5,10-11,29H2,1-4H3,(H,30,32)(H,33,36)(H,34,37)(H,35,38)(H,39,40). The summed E-state index contributed by atoms with van der Waals surface area (Å²) < 4.78 is 0. The van der Waals surface area contributed by atoms with Gasteiger partial charge < -0.3 is 36.8 Å². The van der Waals surface area contributed by atoms with Gasteiger partial charge in [-0.15, -0.1) is 0 Å². The summed E-state index contributed by atoms with van der Waals surface area (Å²) in [6, 6.07) is 3.45. The van der Waals surface area contributed by atoms with Crippen LogP contribution in [0.1, 0.15) is 45.4 Å². The fraction of sp³-hybridized carbons (Fsp3) is 0.464. The molecule has 5 atom stereocenters. The van der Waals surface area contributed by atoms with Gasteiger partial charge in [0.05, 0.1) is 12.4 Å². The fourth-order valence-corrected chi connectivity index (χ4v) is 4.45. The molecule has 0 bridgehead atoms. The first-order chi connectivity index (χ1) is 19.0. The first-order valence-electron chi connectivity index (χ1n) is 13.4. The summed E-state index contributed by atoms with van der Waals surface area (Å²) >= 11 is 0. The molecule has 2 aromatic heterocycles. The number of imidazole rings is 1. The van der Waals surface area contributed by atoms with Crippen LogP contribution in [0.5, 0.6) is 0 Å². The van der Waals surface area contributed by atoms with E-state index in [1.807, 2.05) is 31.2 Å². The molecule has 12 nitrogen and oxygen atoms in total. The summed E-state index contributed by atoms with van der Waals surface area (Å²) in [5.74, 6) is -3.55. The summed E-state index contributed by atoms with van der Waals surface area (Å²) in [6.45, 7) is 7.07. The molecule has 0 saturated carbocycles. The van der Waals surface area contributed by atoms with E-state index >= 15 is 0 Å². The molecule has 0 spiro atoms. The number of hydrogen-bond donors (Lipinski definition) is 7. The zero-order valence-electron chi connectivity index (χ0n) is 23.2. The van der Waals surface area contributed by atoms with Crippen molar-refractivity contribution in [3.05, 3.63) is 54.2 Å². The van der Waals surface area contributed by atoms with Crippen LogP contribution >= 0.6 is 0 Å². The van der Waals surface area contributed by atoms with Gasteiger partial charge in [-0.1, -0.05) is 52.3 Å². The van der Waals surface area contributed by atoms with Crippen LogP contribution in [0.15, 0.2) is 43.0 Å². The van der Waals surface area contributed by atoms with E-state index in [0.717, 1.165) is 16.5 Å². The number of amides is 3. The van der Waals surface area contributed by atoms with Crippen molar-refractivity contribution in [2.75, 3.05) is 0 Å². The average molecular weight is 554 g/mol. The minimum atomic E-state index is -1.15. The van der Waals surface area contributed by atoms with Gasteiger partial charge in [-0.25, -0.2) is 9.78 Å². The number of nitrogens with two attached hydrogens (primary N) is 1. The number of carbonyl (C=O) groups is 4. The number of aliphatic carboxylic acids is 1. The van der Waals surface area contributed by atoms with Crippen LogP contribution in [0.25, 0.3) is 10.9 Å². The Labute approximate surface area is 232 Å². The number of aromatic amines is 2. The molecule has 0 aliphatic rings. The van der Waals surface area contributed by atoms with E-state index in [4.69, 9.17) is 5.73 Å². The minimum Gasteiger partial charge on any atom is -0.480 e. The Bertz CT molecular complexity index is 1300. The summed E-state index contributed by atoms with van der Waals surface area (Å²) in [7, 11) is 0. The minimum absolute atomic E-state index is 0.134. The van der Waals surface area contributed by atoms with Crippen LogP contribution in [0.3, 0.4) is 0 Å². The Morgan fingerprint density at radius 3 is 2.27 bits per heavy atom. The molecule has 8 N–H and O–H groups in total. The monoisotopic (exact) mass is 553 g/mol. The third-order valence-corrected chi connectivity index (χ3v) is 7.09. The number of nitrogens with zero attached hydrogens (tertiary/aromatic N) is 1. The topological polar surface area (TPSA) is 195 Å². The van der Waals surface area contributed by atoms with Crippen LogP contribution in [0.4, 0.5) is 0 Å². The van der Waals surface area contributed by atoms with E-state index in [9.17, 15) is 24.3 Å². The lowest BCUT2D eigenvalue weighted by Crippen LogP contribution is -2.59. The molecule has 0 radical (unpaired) electrons. The van der Waals surface area contributed by atoms with Gasteiger partial charge in [-0.2, -0.15) is 0 Å². The van der Waals surface area contributed by atoms with Crippen molar-refractivity contribution in [1.29, 1.82) is 0 Å². The number of hydrogen-bond acceptors (Lipinski definition) is 6. The molecule has 0 aliphatic heterocycles. The van der Waals surface area contributed by atoms with Crippen LogP contribution in [-0.4, -0.2) is 67.9 Å². The maximum atomic E-state index is 13.6. The first-order valence-corrected chi connectivity index (χ1v) is 13.4. The predicted octanol–water partition coefficient (Wildman–Crippen LogP) is 1.24. The lowest BCUT2D eigenvalue weighted by Gasteiger charge is -2.28. The largest absolute Gasteiger partial charge is 0.480 e. The van der Waals surface area contributed by atoms with Crippen molar-refractivity contribution in [3.8, 4) is 0 Å². The molecule has 40 heavy (non-hydrogen) atoms. The van der Waals surface area contributed by atoms with Crippen molar-refractivity contribution < 1.29 is 24.3 Å². The third-order valence-electron chi connectivity index (χ3n) is 7.09. The molecule has 0 aliphatic carbocycles. The Kier molecular flexibility index (Phi) is 10.4. The molecular formula is C28H39N7O5. The zero-order valence-corrected chi connectivity index (χ0v) is 23.2. The van der Waals surface area contributed by atoms with Gasteiger partial charge >= 0.3 is 5.97 Å². The summed E-state index contributed by atoms with van der Waals surface area (Å²) in [5, 5.41) is 18.6. The maximum absolute atomic E-state index is 13.6. The van der Waals surface area contributed by atoms with Crippen LogP contribution in [0.2, 0.25) is 0 Å². The Balaban J connectivity index is 1.82. The first kappa shape index (κ1) is 30.4. The number of fused-ring (bicyclic) bond motifs is 1. The van der Waals surface area contributed by atoms with Crippen molar-refractivity contribution in [3.63, 3.8) is 0 Å². The van der Waals surface area contributed by atoms with Gasteiger partial charge in [0.1, 0.15) is 18.1 Å². The highest BCUT2D eigenvalue weighted by atomic mass is 16.4. The molecule has 0 fully saturated rings. The number of carboxylic acids is 1. The number of H-pyrrole nitrogens is 2. The van der Waals surface area contributed by atoms with Gasteiger partial charge in [-0.3, -0.25) is 14.4 Å². The van der Waals surface area contributed by atoms with Gasteiger partial charge in [0, 0.05) is 41.8 Å². The second-order valence-electron chi connectivity index (χ2n) is 10.5. The highest BCUT2D eigenvalue weighted by Crippen LogP contribution is 2.19. The lowest BCUT2D eigenvalue weighted by atomic mass is 9.97. The number of nitrogens with one attached hydrogen (secondary N) is 5. The van der Waals surface area contributed by atoms with Gasteiger partial charge in [0.15, 0.2) is 0 Å². The second kappa shape index (κ2) is 13.7. The normalized spacial score (nSPS) is 15.2. The van der Waals surface area contributed by atoms with E-state index in [2.05, 4.69) is 30.9 Å². The Morgan fingerprint density at radius 2 is 1.65 bits per heavy atom. The maximum Gasteiger partial charge on any atom is 0.326 e. The quantitative estimate of drug-likeness (QED) is 0.156. The number of carbonyl (C=O) groups excluding carboxylic acids is 3. The number of aromatic nitrogens is 3. The SMILES string of the molecule is CCC(C)C(NC(=O)C(NC(=O)C(Cc1c[nH]c2ccccc12)NC(=O)C(N)Cc1cnc[nH]1)C(C)C)C(=O)O. The van der Waals surface area contributed by atoms with E-state index < -0.39 is 47.9 Å². The van der Waals surface area contributed by atoms with Crippen molar-refractivity contribution >= 4 is 34.6 Å². The molecule has 1 aromatic carbocycles. The average Bonchev–Trinajstić information content (AvgIpc) is 3.58. The molecule has 3 rings (SSSR count). The summed E-state index contributed by atoms with van der Waals surface area (Å²) in [5.41, 5.74) is 8.47. The van der Waals surface area contributed by atoms with Crippen LogP contribution in [0, 0.1) is 11.8 Å². The Morgan fingerprint density at radius 1 is 0.950 bits per heavy atom. The Hall–Kier alpha value is -4.19. The van der Waals surface area contributed by atoms with Crippen molar-refractivity contribution in [1.82, 2.24) is 30.9 Å². The van der Waals surface area contributed by atoms with Gasteiger partial charge in [0.2, 0.25) is 17.7 Å². The predicted molar refractivity (Wildman–Crippen MR) is 150 cm³/mol. The molecule has 2 heterocycles. The molecule has 3 amide bonds. The number of carboxylic acid groups (broad SMARTS) is 1. The van der Waals surface area contributed by atoms with Crippen LogP contribution < -0.4 is 21.7 Å². The third kappa shape index (κ3) is 7.69. The van der Waals surface area contributed by atoms with E-state index in [0.29, 0.717) is 12.1 Å². The molecule has 0 saturated heterocycles. The molecular weight excluding hydrogens is 514 g/mol. The zero-order chi connectivity index (χ0) is 29.4. The summed E-state index contributed by atoms with van der Waals surface area (Å²) in [4.78, 5) is 61.6. The second-order valence-corrected chi connectivity index (χ2v) is 10.5. The molecule has 12 heteroatoms. The van der Waals surface area contributed by atoms with Crippen LogP contribution in [-0.2, 0) is 32.0 Å². The number of rotatable bonds is 14. The van der Waals surface area contributed by atoms with E-state index in [1.54, 1.807) is 33.2 Å². The van der Waals surface area contributed by atoms with Crippen molar-refractivity contribution in [2.24, 2.45) is 17.6 Å². The van der Waals surface area contributed by atoms with Gasteiger partial charge in [0.25, 0.3) is 0 Å². The smallest absolute Gasteiger partial charge is 0.326 e. The van der Waals surface area contributed by atoms with E-state index in [-0.39, 0.29) is 24.7 Å².